The van der Waals surface area contributed by atoms with Crippen LogP contribution in [0.3, 0.4) is 0 Å². The van der Waals surface area contributed by atoms with Crippen molar-refractivity contribution in [1.82, 2.24) is 4.98 Å². The number of carbonyl (C=O) groups is 1. The topological polar surface area (TPSA) is 120 Å². The number of aliphatic hydroxyl groups is 1. The molecule has 110 valence electrons. The van der Waals surface area contributed by atoms with Crippen LogP contribution in [0.1, 0.15) is 37.4 Å². The van der Waals surface area contributed by atoms with Gasteiger partial charge < -0.3 is 9.84 Å². The Hall–Kier alpha value is -1.83. The molecule has 2 N–H and O–H groups in total. The van der Waals surface area contributed by atoms with Crippen LogP contribution in [-0.4, -0.2) is 28.4 Å². The van der Waals surface area contributed by atoms with E-state index in [2.05, 4.69) is 20.3 Å². The van der Waals surface area contributed by atoms with Gasteiger partial charge in [0.05, 0.1) is 18.3 Å². The summed E-state index contributed by atoms with van der Waals surface area (Å²) < 4.78 is 5.11. The van der Waals surface area contributed by atoms with Crippen LogP contribution in [0.25, 0.3) is 10.4 Å². The normalized spacial score (nSPS) is 12.4. The van der Waals surface area contributed by atoms with Gasteiger partial charge >= 0.3 is 6.09 Å². The second-order valence-corrected chi connectivity index (χ2v) is 6.03. The SMILES string of the molecule is Cc1nc(NC(=O)OC(C)(C)C)sc1C(CO)N=[N+]=[N-]. The largest absolute Gasteiger partial charge is 0.444 e. The van der Waals surface area contributed by atoms with Gasteiger partial charge in [-0.2, -0.15) is 0 Å². The highest BCUT2D eigenvalue weighted by molar-refractivity contribution is 7.16. The van der Waals surface area contributed by atoms with Gasteiger partial charge in [0.15, 0.2) is 5.13 Å². The van der Waals surface area contributed by atoms with Gasteiger partial charge in [0.2, 0.25) is 0 Å². The Kier molecular flexibility index (Phi) is 5.32. The Bertz CT molecular complexity index is 531. The molecule has 9 heteroatoms. The van der Waals surface area contributed by atoms with Crippen molar-refractivity contribution in [2.24, 2.45) is 5.11 Å². The predicted octanol–water partition coefficient (Wildman–Crippen LogP) is 3.14. The third-order valence-electron chi connectivity index (χ3n) is 2.11. The summed E-state index contributed by atoms with van der Waals surface area (Å²) in [5, 5.41) is 15.5. The van der Waals surface area contributed by atoms with Crippen LogP contribution in [0.15, 0.2) is 5.11 Å². The van der Waals surface area contributed by atoms with Gasteiger partial charge in [-0.3, -0.25) is 5.32 Å². The Labute approximate surface area is 120 Å². The van der Waals surface area contributed by atoms with Crippen molar-refractivity contribution in [3.05, 3.63) is 21.0 Å². The van der Waals surface area contributed by atoms with Crippen molar-refractivity contribution in [3.63, 3.8) is 0 Å². The average Bonchev–Trinajstić information content (AvgIpc) is 2.64. The van der Waals surface area contributed by atoms with Crippen molar-refractivity contribution < 1.29 is 14.6 Å². The smallest absolute Gasteiger partial charge is 0.413 e. The summed E-state index contributed by atoms with van der Waals surface area (Å²) in [5.74, 6) is 0. The van der Waals surface area contributed by atoms with E-state index in [0.717, 1.165) is 11.3 Å². The van der Waals surface area contributed by atoms with Crippen LogP contribution in [-0.2, 0) is 4.74 Å². The molecule has 0 saturated heterocycles. The van der Waals surface area contributed by atoms with Crippen LogP contribution in [0, 0.1) is 6.92 Å². The molecule has 1 unspecified atom stereocenters. The van der Waals surface area contributed by atoms with Crippen LogP contribution >= 0.6 is 11.3 Å². The number of amides is 1. The molecule has 0 bridgehead atoms. The number of aliphatic hydroxyl groups excluding tert-OH is 1. The Balaban J connectivity index is 2.84. The molecule has 1 amide bonds. The minimum atomic E-state index is -0.702. The van der Waals surface area contributed by atoms with Crippen LogP contribution in [0.4, 0.5) is 9.93 Å². The zero-order chi connectivity index (χ0) is 15.3. The predicted molar refractivity (Wildman–Crippen MR) is 75.7 cm³/mol. The summed E-state index contributed by atoms with van der Waals surface area (Å²) in [6, 6.07) is -0.702. The van der Waals surface area contributed by atoms with Gasteiger partial charge in [-0.25, -0.2) is 9.78 Å². The first-order chi connectivity index (χ1) is 9.26. The number of thiazole rings is 1. The molecule has 1 aromatic heterocycles. The minimum Gasteiger partial charge on any atom is -0.444 e. The molecule has 0 aliphatic rings. The van der Waals surface area contributed by atoms with E-state index in [4.69, 9.17) is 10.3 Å². The molecule has 0 aliphatic carbocycles. The Morgan fingerprint density at radius 1 is 1.65 bits per heavy atom. The van der Waals surface area contributed by atoms with Crippen molar-refractivity contribution in [3.8, 4) is 0 Å². The molecule has 20 heavy (non-hydrogen) atoms. The highest BCUT2D eigenvalue weighted by atomic mass is 32.1. The van der Waals surface area contributed by atoms with E-state index >= 15 is 0 Å². The summed E-state index contributed by atoms with van der Waals surface area (Å²) in [5.41, 5.74) is 8.43. The molecule has 0 spiro atoms. The second kappa shape index (κ2) is 6.56. The second-order valence-electron chi connectivity index (χ2n) is 5.00. The van der Waals surface area contributed by atoms with E-state index < -0.39 is 17.7 Å². The van der Waals surface area contributed by atoms with Crippen molar-refractivity contribution >= 4 is 22.6 Å². The summed E-state index contributed by atoms with van der Waals surface area (Å²) >= 11 is 1.14. The maximum absolute atomic E-state index is 11.6. The van der Waals surface area contributed by atoms with E-state index in [9.17, 15) is 9.90 Å². The first kappa shape index (κ1) is 16.2. The minimum absolute atomic E-state index is 0.320. The average molecular weight is 299 g/mol. The molecule has 0 saturated carbocycles. The monoisotopic (exact) mass is 299 g/mol. The first-order valence-corrected chi connectivity index (χ1v) is 6.71. The van der Waals surface area contributed by atoms with Crippen LogP contribution in [0.5, 0.6) is 0 Å². The van der Waals surface area contributed by atoms with Gasteiger partial charge in [-0.15, -0.1) is 11.3 Å². The Morgan fingerprint density at radius 2 is 2.30 bits per heavy atom. The third-order valence-corrected chi connectivity index (χ3v) is 3.28. The maximum atomic E-state index is 11.6. The van der Waals surface area contributed by atoms with Crippen molar-refractivity contribution in [1.29, 1.82) is 0 Å². The lowest BCUT2D eigenvalue weighted by Crippen LogP contribution is -2.27. The number of nitrogens with zero attached hydrogens (tertiary/aromatic N) is 4. The number of ether oxygens (including phenoxy) is 1. The maximum Gasteiger partial charge on any atom is 0.413 e. The van der Waals surface area contributed by atoms with Crippen LogP contribution in [0.2, 0.25) is 0 Å². The number of rotatable bonds is 4. The van der Waals surface area contributed by atoms with E-state index in [1.165, 1.54) is 0 Å². The van der Waals surface area contributed by atoms with Gasteiger partial charge in [-0.05, 0) is 33.2 Å². The lowest BCUT2D eigenvalue weighted by Gasteiger charge is -2.18. The summed E-state index contributed by atoms with van der Waals surface area (Å²) in [4.78, 5) is 19.0. The molecule has 0 fully saturated rings. The number of azide groups is 1. The van der Waals surface area contributed by atoms with E-state index in [-0.39, 0.29) is 6.61 Å². The molecule has 1 heterocycles. The third kappa shape index (κ3) is 4.69. The van der Waals surface area contributed by atoms with E-state index in [0.29, 0.717) is 15.7 Å². The first-order valence-electron chi connectivity index (χ1n) is 5.89. The van der Waals surface area contributed by atoms with Crippen LogP contribution < -0.4 is 5.32 Å². The van der Waals surface area contributed by atoms with Gasteiger partial charge in [-0.1, -0.05) is 5.11 Å². The van der Waals surface area contributed by atoms with Gasteiger partial charge in [0.25, 0.3) is 0 Å². The molecule has 8 nitrogen and oxygen atoms in total. The molecule has 1 aromatic rings. The molecular formula is C11H17N5O3S. The standard InChI is InChI=1S/C11H17N5O3S/c1-6-8(7(5-17)15-16-12)20-9(13-6)14-10(18)19-11(2,3)4/h7,17H,5H2,1-4H3,(H,13,14,18). The summed E-state index contributed by atoms with van der Waals surface area (Å²) in [7, 11) is 0. The zero-order valence-electron chi connectivity index (χ0n) is 11.7. The van der Waals surface area contributed by atoms with Crippen molar-refractivity contribution in [2.75, 3.05) is 11.9 Å². The number of aryl methyl sites for hydroxylation is 1. The number of carbonyl (C=O) groups excluding carboxylic acids is 1. The molecule has 1 rings (SSSR count). The zero-order valence-corrected chi connectivity index (χ0v) is 12.6. The lowest BCUT2D eigenvalue weighted by atomic mass is 10.2. The highest BCUT2D eigenvalue weighted by Gasteiger charge is 2.20. The number of hydrogen-bond acceptors (Lipinski definition) is 6. The molecule has 0 aliphatic heterocycles. The fourth-order valence-electron chi connectivity index (χ4n) is 1.40. The fraction of sp³-hybridized carbons (Fsp3) is 0.636. The molecule has 1 atom stereocenters. The fourth-order valence-corrected chi connectivity index (χ4v) is 2.37. The number of nitrogens with one attached hydrogen (secondary N) is 1. The summed E-state index contributed by atoms with van der Waals surface area (Å²) in [6.45, 7) is 6.66. The van der Waals surface area contributed by atoms with E-state index in [1.54, 1.807) is 27.7 Å². The number of hydrogen-bond donors (Lipinski definition) is 2. The number of aromatic nitrogens is 1. The highest BCUT2D eigenvalue weighted by Crippen LogP contribution is 2.30. The van der Waals surface area contributed by atoms with Gasteiger partial charge in [0.1, 0.15) is 5.60 Å². The van der Waals surface area contributed by atoms with Gasteiger partial charge in [0, 0.05) is 9.79 Å². The molecule has 0 aromatic carbocycles. The molecular weight excluding hydrogens is 282 g/mol. The number of anilines is 1. The van der Waals surface area contributed by atoms with E-state index in [1.807, 2.05) is 0 Å². The summed E-state index contributed by atoms with van der Waals surface area (Å²) in [6.07, 6.45) is -0.609. The Morgan fingerprint density at radius 3 is 2.80 bits per heavy atom. The molecule has 0 radical (unpaired) electrons. The quantitative estimate of drug-likeness (QED) is 0.504. The lowest BCUT2D eigenvalue weighted by molar-refractivity contribution is 0.0636. The van der Waals surface area contributed by atoms with Crippen molar-refractivity contribution in [2.45, 2.75) is 39.3 Å².